The first-order valence-corrected chi connectivity index (χ1v) is 8.44. The van der Waals surface area contributed by atoms with E-state index in [1.807, 2.05) is 29.7 Å². The van der Waals surface area contributed by atoms with Crippen LogP contribution in [0.3, 0.4) is 0 Å². The predicted octanol–water partition coefficient (Wildman–Crippen LogP) is 3.47. The molecule has 3 aromatic rings. The van der Waals surface area contributed by atoms with Gasteiger partial charge >= 0.3 is 5.69 Å². The van der Waals surface area contributed by atoms with E-state index in [0.717, 1.165) is 5.56 Å². The van der Waals surface area contributed by atoms with Crippen molar-refractivity contribution in [3.8, 4) is 11.4 Å². The molecule has 24 heavy (non-hydrogen) atoms. The smallest absolute Gasteiger partial charge is 0.302 e. The summed E-state index contributed by atoms with van der Waals surface area (Å²) < 4.78 is 3.44. The summed E-state index contributed by atoms with van der Waals surface area (Å²) in [5, 5.41) is 24.4. The van der Waals surface area contributed by atoms with Crippen molar-refractivity contribution in [3.05, 3.63) is 51.8 Å². The fourth-order valence-electron chi connectivity index (χ4n) is 2.16. The molecule has 0 N–H and O–H groups in total. The normalized spacial score (nSPS) is 10.9. The van der Waals surface area contributed by atoms with Crippen LogP contribution >= 0.6 is 23.4 Å². The van der Waals surface area contributed by atoms with E-state index in [9.17, 15) is 10.1 Å². The Morgan fingerprint density at radius 3 is 2.79 bits per heavy atom. The van der Waals surface area contributed by atoms with Gasteiger partial charge in [-0.25, -0.2) is 0 Å². The van der Waals surface area contributed by atoms with E-state index >= 15 is 0 Å². The van der Waals surface area contributed by atoms with Gasteiger partial charge in [0.25, 0.3) is 0 Å². The summed E-state index contributed by atoms with van der Waals surface area (Å²) in [5.41, 5.74) is 0.777. The molecule has 2 aromatic heterocycles. The minimum Gasteiger partial charge on any atom is -0.302 e. The molecule has 0 saturated carbocycles. The number of benzene rings is 1. The van der Waals surface area contributed by atoms with Gasteiger partial charge in [0.2, 0.25) is 0 Å². The number of nitrogens with zero attached hydrogens (tertiary/aromatic N) is 6. The maximum Gasteiger partial charge on any atom is 0.307 e. The Morgan fingerprint density at radius 1 is 1.33 bits per heavy atom. The third-order valence-electron chi connectivity index (χ3n) is 3.30. The van der Waals surface area contributed by atoms with Gasteiger partial charge in [0.05, 0.1) is 15.8 Å². The van der Waals surface area contributed by atoms with E-state index in [0.29, 0.717) is 28.4 Å². The second-order valence-electron chi connectivity index (χ2n) is 4.80. The van der Waals surface area contributed by atoms with E-state index in [4.69, 9.17) is 11.6 Å². The van der Waals surface area contributed by atoms with Crippen LogP contribution in [0, 0.1) is 10.1 Å². The molecule has 0 fully saturated rings. The molecule has 0 bridgehead atoms. The maximum absolute atomic E-state index is 10.7. The van der Waals surface area contributed by atoms with E-state index in [2.05, 4.69) is 15.3 Å². The summed E-state index contributed by atoms with van der Waals surface area (Å²) in [4.78, 5) is 10.2. The molecule has 124 valence electrons. The third kappa shape index (κ3) is 3.26. The maximum atomic E-state index is 10.7. The Balaban J connectivity index is 1.82. The second kappa shape index (κ2) is 7.02. The van der Waals surface area contributed by atoms with Gasteiger partial charge in [-0.05, 0) is 19.1 Å². The van der Waals surface area contributed by atoms with Crippen molar-refractivity contribution in [3.63, 3.8) is 0 Å². The highest BCUT2D eigenvalue weighted by atomic mass is 35.5. The van der Waals surface area contributed by atoms with Crippen molar-refractivity contribution in [1.29, 1.82) is 0 Å². The molecule has 1 aromatic carbocycles. The van der Waals surface area contributed by atoms with Crippen LogP contribution in [0.2, 0.25) is 5.02 Å². The van der Waals surface area contributed by atoms with Crippen LogP contribution in [0.25, 0.3) is 11.4 Å². The summed E-state index contributed by atoms with van der Waals surface area (Å²) >= 11 is 7.63. The van der Waals surface area contributed by atoms with Gasteiger partial charge in [-0.1, -0.05) is 35.5 Å². The lowest BCUT2D eigenvalue weighted by atomic mass is 10.2. The summed E-state index contributed by atoms with van der Waals surface area (Å²) in [6.07, 6.45) is 2.61. The number of hydrogen-bond donors (Lipinski definition) is 0. The largest absolute Gasteiger partial charge is 0.307 e. The average Bonchev–Trinajstić information content (AvgIpc) is 3.20. The fraction of sp³-hybridized carbons (Fsp3) is 0.214. The minimum atomic E-state index is -0.474. The monoisotopic (exact) mass is 364 g/mol. The lowest BCUT2D eigenvalue weighted by Crippen LogP contribution is -2.02. The summed E-state index contributed by atoms with van der Waals surface area (Å²) in [5.74, 6) is 1.09. The highest BCUT2D eigenvalue weighted by molar-refractivity contribution is 7.98. The SMILES string of the molecule is CCn1c(SCn2cc([N+](=O)[O-])cn2)nnc1-c1ccccc1Cl. The Kier molecular flexibility index (Phi) is 4.81. The number of thioether (sulfide) groups is 1. The predicted molar refractivity (Wildman–Crippen MR) is 90.9 cm³/mol. The highest BCUT2D eigenvalue weighted by Crippen LogP contribution is 2.29. The van der Waals surface area contributed by atoms with E-state index < -0.39 is 4.92 Å². The van der Waals surface area contributed by atoms with Crippen LogP contribution in [-0.4, -0.2) is 29.5 Å². The zero-order valence-electron chi connectivity index (χ0n) is 12.7. The Hall–Kier alpha value is -2.39. The van der Waals surface area contributed by atoms with E-state index in [1.54, 1.807) is 6.07 Å². The van der Waals surface area contributed by atoms with Gasteiger partial charge in [0.1, 0.15) is 12.4 Å². The van der Waals surface area contributed by atoms with Gasteiger partial charge in [0.15, 0.2) is 11.0 Å². The first kappa shape index (κ1) is 16.5. The van der Waals surface area contributed by atoms with Gasteiger partial charge in [-0.15, -0.1) is 10.2 Å². The van der Waals surface area contributed by atoms with Gasteiger partial charge in [0, 0.05) is 12.1 Å². The zero-order valence-corrected chi connectivity index (χ0v) is 14.2. The van der Waals surface area contributed by atoms with E-state index in [1.165, 1.54) is 28.8 Å². The van der Waals surface area contributed by atoms with Crippen molar-refractivity contribution < 1.29 is 4.92 Å². The molecule has 0 aliphatic heterocycles. The van der Waals surface area contributed by atoms with Crippen LogP contribution in [0.1, 0.15) is 6.92 Å². The lowest BCUT2D eigenvalue weighted by molar-refractivity contribution is -0.385. The molecule has 2 heterocycles. The number of nitro groups is 1. The molecular formula is C14H13ClN6O2S. The second-order valence-corrected chi connectivity index (χ2v) is 6.12. The standard InChI is InChI=1S/C14H13ClN6O2S/c1-2-20-13(11-5-3-4-6-12(11)15)17-18-14(20)24-9-19-8-10(7-16-19)21(22)23/h3-8H,2,9H2,1H3. The lowest BCUT2D eigenvalue weighted by Gasteiger charge is -2.08. The molecule has 0 unspecified atom stereocenters. The highest BCUT2D eigenvalue weighted by Gasteiger charge is 2.16. The Labute approximate surface area is 146 Å². The summed E-state index contributed by atoms with van der Waals surface area (Å²) in [6.45, 7) is 2.67. The Bertz CT molecular complexity index is 878. The van der Waals surface area contributed by atoms with Crippen molar-refractivity contribution in [2.75, 3.05) is 0 Å². The fourth-order valence-corrected chi connectivity index (χ4v) is 3.24. The molecule has 0 aliphatic carbocycles. The van der Waals surface area contributed by atoms with Crippen molar-refractivity contribution >= 4 is 29.1 Å². The third-order valence-corrected chi connectivity index (χ3v) is 4.59. The Morgan fingerprint density at radius 2 is 2.12 bits per heavy atom. The molecule has 0 spiro atoms. The van der Waals surface area contributed by atoms with Gasteiger partial charge < -0.3 is 4.57 Å². The molecule has 8 nitrogen and oxygen atoms in total. The zero-order chi connectivity index (χ0) is 17.1. The molecule has 0 aliphatic rings. The van der Waals surface area contributed by atoms with Crippen molar-refractivity contribution in [2.45, 2.75) is 24.5 Å². The molecule has 0 radical (unpaired) electrons. The quantitative estimate of drug-likeness (QED) is 0.378. The van der Waals surface area contributed by atoms with Crippen LogP contribution < -0.4 is 0 Å². The molecule has 10 heteroatoms. The number of hydrogen-bond acceptors (Lipinski definition) is 6. The molecule has 0 saturated heterocycles. The number of rotatable bonds is 6. The van der Waals surface area contributed by atoms with E-state index in [-0.39, 0.29) is 5.69 Å². The molecule has 0 atom stereocenters. The van der Waals surface area contributed by atoms with Crippen molar-refractivity contribution in [1.82, 2.24) is 24.5 Å². The van der Waals surface area contributed by atoms with Crippen molar-refractivity contribution in [2.24, 2.45) is 0 Å². The van der Waals surface area contributed by atoms with Crippen LogP contribution in [-0.2, 0) is 12.4 Å². The van der Waals surface area contributed by atoms with Gasteiger partial charge in [-0.2, -0.15) is 5.10 Å². The molecule has 3 rings (SSSR count). The molecule has 0 amide bonds. The number of aromatic nitrogens is 5. The first-order chi connectivity index (χ1) is 11.6. The molecular weight excluding hydrogens is 352 g/mol. The topological polar surface area (TPSA) is 91.7 Å². The average molecular weight is 365 g/mol. The van der Waals surface area contributed by atoms with Gasteiger partial charge in [-0.3, -0.25) is 14.8 Å². The summed E-state index contributed by atoms with van der Waals surface area (Å²) in [6, 6.07) is 7.45. The number of halogens is 1. The van der Waals surface area contributed by atoms with Crippen LogP contribution in [0.15, 0.2) is 41.8 Å². The first-order valence-electron chi connectivity index (χ1n) is 7.08. The van der Waals surface area contributed by atoms with Crippen LogP contribution in [0.4, 0.5) is 5.69 Å². The minimum absolute atomic E-state index is 0.0377. The summed E-state index contributed by atoms with van der Waals surface area (Å²) in [7, 11) is 0. The van der Waals surface area contributed by atoms with Crippen LogP contribution in [0.5, 0.6) is 0 Å².